The summed E-state index contributed by atoms with van der Waals surface area (Å²) < 4.78 is 16.6. The van der Waals surface area contributed by atoms with Crippen molar-refractivity contribution in [3.63, 3.8) is 0 Å². The van der Waals surface area contributed by atoms with E-state index in [-0.39, 0.29) is 11.5 Å². The van der Waals surface area contributed by atoms with Gasteiger partial charge in [-0.25, -0.2) is 0 Å². The molecule has 132 valence electrons. The molecule has 0 radical (unpaired) electrons. The predicted molar refractivity (Wildman–Crippen MR) is 98.1 cm³/mol. The Labute approximate surface area is 155 Å². The molecule has 0 aliphatic carbocycles. The topological polar surface area (TPSA) is 61.8 Å². The summed E-state index contributed by atoms with van der Waals surface area (Å²) in [5, 5.41) is 1.78. The van der Waals surface area contributed by atoms with E-state index in [9.17, 15) is 9.59 Å². The maximum Gasteiger partial charge on any atom is 0.308 e. The Kier molecular flexibility index (Phi) is 5.09. The van der Waals surface area contributed by atoms with E-state index >= 15 is 0 Å². The lowest BCUT2D eigenvalue weighted by Crippen LogP contribution is -2.06. The van der Waals surface area contributed by atoms with Gasteiger partial charge in [-0.2, -0.15) is 0 Å². The van der Waals surface area contributed by atoms with E-state index in [1.54, 1.807) is 48.5 Å². The van der Waals surface area contributed by atoms with Gasteiger partial charge >= 0.3 is 11.9 Å². The van der Waals surface area contributed by atoms with Crippen molar-refractivity contribution in [1.29, 1.82) is 0 Å². The summed E-state index contributed by atoms with van der Waals surface area (Å²) in [4.78, 5) is 23.1. The summed E-state index contributed by atoms with van der Waals surface area (Å²) in [6.45, 7) is 2.62. The minimum atomic E-state index is -0.489. The molecule has 0 N–H and O–H groups in total. The molecule has 0 atom stereocenters. The van der Waals surface area contributed by atoms with Crippen LogP contribution in [0.5, 0.6) is 23.0 Å². The number of halogens is 1. The third-order valence-electron chi connectivity index (χ3n) is 3.46. The van der Waals surface area contributed by atoms with E-state index in [4.69, 9.17) is 25.8 Å². The molecular formula is C20H15ClO5. The van der Waals surface area contributed by atoms with Crippen molar-refractivity contribution in [1.82, 2.24) is 0 Å². The molecule has 6 heteroatoms. The quantitative estimate of drug-likeness (QED) is 0.470. The van der Waals surface area contributed by atoms with Crippen molar-refractivity contribution in [2.75, 3.05) is 0 Å². The first-order valence-corrected chi connectivity index (χ1v) is 8.18. The minimum Gasteiger partial charge on any atom is -0.453 e. The van der Waals surface area contributed by atoms with E-state index in [0.29, 0.717) is 27.3 Å². The minimum absolute atomic E-state index is 0.248. The van der Waals surface area contributed by atoms with Gasteiger partial charge in [-0.05, 0) is 24.3 Å². The largest absolute Gasteiger partial charge is 0.453 e. The van der Waals surface area contributed by atoms with Crippen LogP contribution in [-0.4, -0.2) is 11.9 Å². The Morgan fingerprint density at radius 2 is 1.42 bits per heavy atom. The van der Waals surface area contributed by atoms with Crippen LogP contribution in [0.1, 0.15) is 13.8 Å². The highest BCUT2D eigenvalue weighted by atomic mass is 35.5. The average Bonchev–Trinajstić information content (AvgIpc) is 2.59. The van der Waals surface area contributed by atoms with Crippen molar-refractivity contribution in [3.8, 4) is 23.0 Å². The van der Waals surface area contributed by atoms with Crippen molar-refractivity contribution < 1.29 is 23.8 Å². The van der Waals surface area contributed by atoms with Gasteiger partial charge in [0.15, 0.2) is 11.5 Å². The molecule has 26 heavy (non-hydrogen) atoms. The molecule has 0 bridgehead atoms. The Morgan fingerprint density at radius 3 is 2.04 bits per heavy atom. The summed E-state index contributed by atoms with van der Waals surface area (Å²) >= 11 is 5.89. The van der Waals surface area contributed by atoms with Gasteiger partial charge in [-0.3, -0.25) is 9.59 Å². The van der Waals surface area contributed by atoms with Crippen LogP contribution in [0.3, 0.4) is 0 Å². The van der Waals surface area contributed by atoms with Gasteiger partial charge in [-0.15, -0.1) is 0 Å². The zero-order valence-corrected chi connectivity index (χ0v) is 14.9. The third-order valence-corrected chi connectivity index (χ3v) is 3.72. The molecule has 0 spiro atoms. The van der Waals surface area contributed by atoms with Crippen LogP contribution < -0.4 is 14.2 Å². The summed E-state index contributed by atoms with van der Waals surface area (Å²) in [7, 11) is 0. The van der Waals surface area contributed by atoms with Gasteiger partial charge in [0, 0.05) is 35.7 Å². The molecule has 0 aromatic heterocycles. The molecule has 3 aromatic carbocycles. The fourth-order valence-electron chi connectivity index (χ4n) is 2.48. The molecule has 0 saturated carbocycles. The molecule has 0 saturated heterocycles. The number of rotatable bonds is 4. The lowest BCUT2D eigenvalue weighted by atomic mass is 10.1. The van der Waals surface area contributed by atoms with Crippen molar-refractivity contribution >= 4 is 34.3 Å². The van der Waals surface area contributed by atoms with Gasteiger partial charge in [0.05, 0.1) is 0 Å². The second kappa shape index (κ2) is 7.45. The Balaban J connectivity index is 2.18. The van der Waals surface area contributed by atoms with Gasteiger partial charge < -0.3 is 14.2 Å². The molecule has 0 amide bonds. The zero-order valence-electron chi connectivity index (χ0n) is 14.1. The highest BCUT2D eigenvalue weighted by molar-refractivity contribution is 6.30. The second-order valence-electron chi connectivity index (χ2n) is 5.49. The fourth-order valence-corrected chi connectivity index (χ4v) is 2.61. The van der Waals surface area contributed by atoms with E-state index in [1.807, 2.05) is 0 Å². The van der Waals surface area contributed by atoms with Crippen molar-refractivity contribution in [2.24, 2.45) is 0 Å². The van der Waals surface area contributed by atoms with Crippen molar-refractivity contribution in [2.45, 2.75) is 13.8 Å². The van der Waals surface area contributed by atoms with Crippen LogP contribution in [-0.2, 0) is 9.59 Å². The molecule has 3 aromatic rings. The Hall–Kier alpha value is -3.05. The average molecular weight is 371 g/mol. The molecule has 0 aliphatic rings. The number of hydrogen-bond donors (Lipinski definition) is 0. The number of ether oxygens (including phenoxy) is 3. The molecule has 0 aliphatic heterocycles. The lowest BCUT2D eigenvalue weighted by Gasteiger charge is -2.16. The van der Waals surface area contributed by atoms with Crippen LogP contribution in [0.2, 0.25) is 5.02 Å². The zero-order chi connectivity index (χ0) is 18.7. The van der Waals surface area contributed by atoms with Gasteiger partial charge in [-0.1, -0.05) is 35.9 Å². The summed E-state index contributed by atoms with van der Waals surface area (Å²) in [5.74, 6) is 0.348. The number of carbonyl (C=O) groups excluding carboxylic acids is 2. The Morgan fingerprint density at radius 1 is 0.808 bits per heavy atom. The standard InChI is InChI=1S/C20H15ClO5/c1-12(22)24-18-11-19(26-15-9-7-14(21)8-10-15)20(25-13(2)23)17-6-4-3-5-16(17)18/h3-11H,1-2H3. The normalized spacial score (nSPS) is 10.4. The Bertz CT molecular complexity index is 979. The van der Waals surface area contributed by atoms with Crippen LogP contribution in [0.25, 0.3) is 10.8 Å². The highest BCUT2D eigenvalue weighted by Crippen LogP contribution is 2.43. The first-order chi connectivity index (χ1) is 12.4. The first-order valence-electron chi connectivity index (χ1n) is 7.80. The first kappa shape index (κ1) is 17.8. The van der Waals surface area contributed by atoms with Crippen LogP contribution in [0, 0.1) is 0 Å². The van der Waals surface area contributed by atoms with Gasteiger partial charge in [0.1, 0.15) is 11.5 Å². The number of esters is 2. The van der Waals surface area contributed by atoms with E-state index in [0.717, 1.165) is 0 Å². The lowest BCUT2D eigenvalue weighted by molar-refractivity contribution is -0.133. The monoisotopic (exact) mass is 370 g/mol. The smallest absolute Gasteiger partial charge is 0.308 e. The van der Waals surface area contributed by atoms with E-state index < -0.39 is 11.9 Å². The molecular weight excluding hydrogens is 356 g/mol. The number of fused-ring (bicyclic) bond motifs is 1. The third kappa shape index (κ3) is 3.95. The van der Waals surface area contributed by atoms with Gasteiger partial charge in [0.25, 0.3) is 0 Å². The second-order valence-corrected chi connectivity index (χ2v) is 5.93. The maximum absolute atomic E-state index is 11.6. The molecule has 5 nitrogen and oxygen atoms in total. The van der Waals surface area contributed by atoms with Crippen LogP contribution >= 0.6 is 11.6 Å². The predicted octanol–water partition coefficient (Wildman–Crippen LogP) is 5.14. The number of carbonyl (C=O) groups is 2. The van der Waals surface area contributed by atoms with Crippen LogP contribution in [0.4, 0.5) is 0 Å². The SMILES string of the molecule is CC(=O)Oc1cc(Oc2ccc(Cl)cc2)c(OC(C)=O)c2ccccc12. The number of benzene rings is 3. The molecule has 0 unspecified atom stereocenters. The summed E-state index contributed by atoms with van der Waals surface area (Å²) in [5.41, 5.74) is 0. The van der Waals surface area contributed by atoms with Crippen LogP contribution in [0.15, 0.2) is 54.6 Å². The molecule has 0 heterocycles. The highest BCUT2D eigenvalue weighted by Gasteiger charge is 2.18. The molecule has 3 rings (SSSR count). The van der Waals surface area contributed by atoms with E-state index in [1.165, 1.54) is 19.9 Å². The van der Waals surface area contributed by atoms with Gasteiger partial charge in [0.2, 0.25) is 0 Å². The van der Waals surface area contributed by atoms with E-state index in [2.05, 4.69) is 0 Å². The number of hydrogen-bond acceptors (Lipinski definition) is 5. The summed E-state index contributed by atoms with van der Waals surface area (Å²) in [6.07, 6.45) is 0. The summed E-state index contributed by atoms with van der Waals surface area (Å²) in [6, 6.07) is 15.4. The fraction of sp³-hybridized carbons (Fsp3) is 0.100. The maximum atomic E-state index is 11.6. The molecule has 0 fully saturated rings. The van der Waals surface area contributed by atoms with Crippen molar-refractivity contribution in [3.05, 3.63) is 59.6 Å².